The van der Waals surface area contributed by atoms with Crippen molar-refractivity contribution in [1.82, 2.24) is 14.7 Å². The first-order valence-electron chi connectivity index (χ1n) is 10.7. The van der Waals surface area contributed by atoms with Gasteiger partial charge in [-0.3, -0.25) is 9.59 Å². The highest BCUT2D eigenvalue weighted by Crippen LogP contribution is 2.30. The summed E-state index contributed by atoms with van der Waals surface area (Å²) in [5.41, 5.74) is 0.598. The second-order valence-electron chi connectivity index (χ2n) is 8.03. The molecule has 0 bridgehead atoms. The van der Waals surface area contributed by atoms with Crippen molar-refractivity contribution < 1.29 is 23.0 Å². The molecule has 0 spiro atoms. The quantitative estimate of drug-likeness (QED) is 0.476. The van der Waals surface area contributed by atoms with Crippen LogP contribution in [0.1, 0.15) is 36.8 Å². The Labute approximate surface area is 190 Å². The van der Waals surface area contributed by atoms with E-state index in [0.717, 1.165) is 0 Å². The number of aromatic nitrogens is 2. The van der Waals surface area contributed by atoms with Gasteiger partial charge in [-0.1, -0.05) is 38.1 Å². The van der Waals surface area contributed by atoms with Gasteiger partial charge in [0.05, 0.1) is 12.0 Å². The van der Waals surface area contributed by atoms with Crippen LogP contribution < -0.4 is 15.0 Å². The second-order valence-corrected chi connectivity index (χ2v) is 8.03. The highest BCUT2D eigenvalue weighted by atomic mass is 19.3. The fraction of sp³-hybridized carbons (Fsp3) is 0.375. The number of halogens is 2. The van der Waals surface area contributed by atoms with Crippen LogP contribution in [0.15, 0.2) is 47.3 Å². The van der Waals surface area contributed by atoms with Crippen molar-refractivity contribution in [2.45, 2.75) is 40.5 Å². The van der Waals surface area contributed by atoms with Crippen LogP contribution in [0.25, 0.3) is 10.8 Å². The van der Waals surface area contributed by atoms with Crippen LogP contribution in [0.5, 0.6) is 11.5 Å². The topological polar surface area (TPSA) is 73.7 Å². The van der Waals surface area contributed by atoms with Crippen molar-refractivity contribution in [2.75, 3.05) is 13.7 Å². The van der Waals surface area contributed by atoms with E-state index in [1.54, 1.807) is 50.4 Å². The fourth-order valence-electron chi connectivity index (χ4n) is 3.50. The minimum atomic E-state index is -2.97. The van der Waals surface area contributed by atoms with E-state index in [0.29, 0.717) is 22.9 Å². The third kappa shape index (κ3) is 5.66. The lowest BCUT2D eigenvalue weighted by atomic mass is 10.1. The molecule has 1 heterocycles. The summed E-state index contributed by atoms with van der Waals surface area (Å²) in [7, 11) is 1.61. The molecule has 0 aliphatic rings. The molecule has 33 heavy (non-hydrogen) atoms. The molecule has 7 nitrogen and oxygen atoms in total. The third-order valence-electron chi connectivity index (χ3n) is 4.90. The minimum absolute atomic E-state index is 0.0713. The molecule has 0 aliphatic carbocycles. The summed E-state index contributed by atoms with van der Waals surface area (Å²) in [6.07, 6.45) is 0. The summed E-state index contributed by atoms with van der Waals surface area (Å²) in [6.45, 7) is 3.52. The van der Waals surface area contributed by atoms with Crippen LogP contribution >= 0.6 is 0 Å². The van der Waals surface area contributed by atoms with Crippen LogP contribution in [-0.2, 0) is 13.1 Å². The van der Waals surface area contributed by atoms with Crippen molar-refractivity contribution in [1.29, 1.82) is 0 Å². The monoisotopic (exact) mass is 459 g/mol. The molecule has 9 heteroatoms. The molecule has 176 valence electrons. The van der Waals surface area contributed by atoms with E-state index in [1.807, 2.05) is 13.8 Å². The van der Waals surface area contributed by atoms with Gasteiger partial charge in [0.15, 0.2) is 17.2 Å². The van der Waals surface area contributed by atoms with E-state index in [9.17, 15) is 18.4 Å². The molecular formula is C24H27F2N3O4. The van der Waals surface area contributed by atoms with Gasteiger partial charge in [0.1, 0.15) is 0 Å². The number of benzene rings is 2. The number of carbonyl (C=O) groups is 1. The van der Waals surface area contributed by atoms with E-state index in [2.05, 4.69) is 9.84 Å². The first kappa shape index (κ1) is 24.2. The lowest BCUT2D eigenvalue weighted by molar-refractivity contribution is -0.0514. The van der Waals surface area contributed by atoms with Crippen LogP contribution in [0, 0.1) is 5.92 Å². The van der Waals surface area contributed by atoms with Crippen molar-refractivity contribution in [3.8, 4) is 11.5 Å². The Morgan fingerprint density at radius 1 is 1.12 bits per heavy atom. The van der Waals surface area contributed by atoms with Crippen molar-refractivity contribution in [3.05, 3.63) is 64.1 Å². The average Bonchev–Trinajstić information content (AvgIpc) is 2.76. The highest BCUT2D eigenvalue weighted by molar-refractivity contribution is 6.04. The van der Waals surface area contributed by atoms with Gasteiger partial charge in [0.2, 0.25) is 0 Å². The number of nitrogens with zero attached hydrogens (tertiary/aromatic N) is 3. The maximum Gasteiger partial charge on any atom is 0.387 e. The molecule has 0 aliphatic heterocycles. The number of alkyl halides is 2. The maximum absolute atomic E-state index is 13.3. The standard InChI is InChI=1S/C24H27F2N3O4/c1-5-32-20-12-16(10-11-19(20)33-24(25)26)14-28(4)23(31)21-17-8-6-7-9-18(17)22(30)29(27-21)13-15(2)3/h6-12,15,24H,5,13-14H2,1-4H3. The number of ether oxygens (including phenoxy) is 2. The maximum atomic E-state index is 13.3. The largest absolute Gasteiger partial charge is 0.490 e. The Balaban J connectivity index is 1.93. The first-order valence-corrected chi connectivity index (χ1v) is 10.7. The van der Waals surface area contributed by atoms with Gasteiger partial charge < -0.3 is 14.4 Å². The van der Waals surface area contributed by atoms with Crippen LogP contribution in [0.4, 0.5) is 8.78 Å². The second kappa shape index (κ2) is 10.4. The zero-order valence-electron chi connectivity index (χ0n) is 19.0. The van der Waals surface area contributed by atoms with Crippen molar-refractivity contribution in [3.63, 3.8) is 0 Å². The van der Waals surface area contributed by atoms with Gasteiger partial charge in [-0.25, -0.2) is 4.68 Å². The lowest BCUT2D eigenvalue weighted by Gasteiger charge is -2.20. The van der Waals surface area contributed by atoms with Crippen LogP contribution in [-0.4, -0.2) is 40.9 Å². The Kier molecular flexibility index (Phi) is 7.63. The first-order chi connectivity index (χ1) is 15.7. The lowest BCUT2D eigenvalue weighted by Crippen LogP contribution is -2.32. The SMILES string of the molecule is CCOc1cc(CN(C)C(=O)c2nn(CC(C)C)c(=O)c3ccccc23)ccc1OC(F)F. The summed E-state index contributed by atoms with van der Waals surface area (Å²) in [5.74, 6) is -0.0965. The molecule has 3 rings (SSSR count). The number of hydrogen-bond donors (Lipinski definition) is 0. The molecule has 0 N–H and O–H groups in total. The number of carbonyl (C=O) groups excluding carboxylic acids is 1. The Morgan fingerprint density at radius 2 is 1.82 bits per heavy atom. The third-order valence-corrected chi connectivity index (χ3v) is 4.90. The highest BCUT2D eigenvalue weighted by Gasteiger charge is 2.21. The van der Waals surface area contributed by atoms with E-state index in [4.69, 9.17) is 4.74 Å². The minimum Gasteiger partial charge on any atom is -0.490 e. The Bertz CT molecular complexity index is 1190. The molecule has 0 saturated carbocycles. The number of fused-ring (bicyclic) bond motifs is 1. The average molecular weight is 459 g/mol. The molecule has 1 amide bonds. The summed E-state index contributed by atoms with van der Waals surface area (Å²) < 4.78 is 36.5. The van der Waals surface area contributed by atoms with Crippen molar-refractivity contribution in [2.24, 2.45) is 5.92 Å². The number of amides is 1. The number of rotatable bonds is 9. The molecular weight excluding hydrogens is 432 g/mol. The van der Waals surface area contributed by atoms with E-state index in [1.165, 1.54) is 15.6 Å². The van der Waals surface area contributed by atoms with E-state index < -0.39 is 6.61 Å². The van der Waals surface area contributed by atoms with Gasteiger partial charge in [-0.2, -0.15) is 13.9 Å². The van der Waals surface area contributed by atoms with Gasteiger partial charge in [-0.05, 0) is 36.6 Å². The Hall–Kier alpha value is -3.49. The molecule has 0 saturated heterocycles. The smallest absolute Gasteiger partial charge is 0.387 e. The van der Waals surface area contributed by atoms with Gasteiger partial charge in [0.25, 0.3) is 11.5 Å². The van der Waals surface area contributed by atoms with Crippen molar-refractivity contribution >= 4 is 16.7 Å². The van der Waals surface area contributed by atoms with Crippen LogP contribution in [0.2, 0.25) is 0 Å². The van der Waals surface area contributed by atoms with E-state index >= 15 is 0 Å². The van der Waals surface area contributed by atoms with Gasteiger partial charge in [0, 0.05) is 25.5 Å². The fourth-order valence-corrected chi connectivity index (χ4v) is 3.50. The van der Waals surface area contributed by atoms with Gasteiger partial charge in [-0.15, -0.1) is 0 Å². The summed E-state index contributed by atoms with van der Waals surface area (Å²) in [6, 6.07) is 11.4. The molecule has 0 radical (unpaired) electrons. The molecule has 3 aromatic rings. The summed E-state index contributed by atoms with van der Waals surface area (Å²) >= 11 is 0. The molecule has 2 aromatic carbocycles. The van der Waals surface area contributed by atoms with Crippen LogP contribution in [0.3, 0.4) is 0 Å². The molecule has 0 fully saturated rings. The molecule has 0 atom stereocenters. The normalized spacial score (nSPS) is 11.3. The summed E-state index contributed by atoms with van der Waals surface area (Å²) in [5, 5.41) is 5.29. The predicted octanol–water partition coefficient (Wildman–Crippen LogP) is 4.32. The number of hydrogen-bond acceptors (Lipinski definition) is 5. The molecule has 1 aromatic heterocycles. The predicted molar refractivity (Wildman–Crippen MR) is 121 cm³/mol. The zero-order chi connectivity index (χ0) is 24.1. The molecule has 0 unspecified atom stereocenters. The summed E-state index contributed by atoms with van der Waals surface area (Å²) in [4.78, 5) is 27.6. The zero-order valence-corrected chi connectivity index (χ0v) is 19.0. The van der Waals surface area contributed by atoms with E-state index in [-0.39, 0.29) is 47.7 Å². The Morgan fingerprint density at radius 3 is 2.45 bits per heavy atom. The van der Waals surface area contributed by atoms with Gasteiger partial charge >= 0.3 is 6.61 Å².